The number of H-pyrrole nitrogens is 3. The number of aromatic amines is 3. The molecule has 0 amide bonds. The fourth-order valence-electron chi connectivity index (χ4n) is 5.63. The van der Waals surface area contributed by atoms with Crippen molar-refractivity contribution < 1.29 is 18.7 Å². The van der Waals surface area contributed by atoms with Crippen molar-refractivity contribution >= 4 is 108 Å². The van der Waals surface area contributed by atoms with Crippen molar-refractivity contribution in [2.24, 2.45) is 0 Å². The molecular formula is C30H20Cl2F2N8O4. The van der Waals surface area contributed by atoms with Crippen molar-refractivity contribution in [3.05, 3.63) is 99.3 Å². The topological polar surface area (TPSA) is 188 Å². The van der Waals surface area contributed by atoms with Gasteiger partial charge in [0, 0.05) is 10.8 Å². The van der Waals surface area contributed by atoms with Crippen LogP contribution in [-0.4, -0.2) is 46.3 Å². The van der Waals surface area contributed by atoms with E-state index in [1.54, 1.807) is 35.3 Å². The van der Waals surface area contributed by atoms with E-state index in [1.165, 1.54) is 18.2 Å². The van der Waals surface area contributed by atoms with Crippen LogP contribution in [0.4, 0.5) is 14.5 Å². The van der Waals surface area contributed by atoms with Crippen molar-refractivity contribution in [1.29, 1.82) is 0 Å². The van der Waals surface area contributed by atoms with Gasteiger partial charge in [-0.1, -0.05) is 0 Å². The highest BCUT2D eigenvalue weighted by molar-refractivity contribution is 6.11. The Balaban J connectivity index is 0.000000161. The van der Waals surface area contributed by atoms with Crippen molar-refractivity contribution in [1.82, 2.24) is 34.8 Å². The van der Waals surface area contributed by atoms with E-state index in [0.29, 0.717) is 54.8 Å². The minimum atomic E-state index is -0.585. The largest absolute Gasteiger partial charge is 0.483 e. The summed E-state index contributed by atoms with van der Waals surface area (Å²) < 4.78 is 29.9. The molecule has 0 bridgehead atoms. The number of hydrogen-bond donors (Lipinski definition) is 5. The molecule has 0 radical (unpaired) electrons. The van der Waals surface area contributed by atoms with Crippen LogP contribution >= 0.6 is 24.8 Å². The zero-order valence-electron chi connectivity index (χ0n) is 23.0. The molecule has 0 spiro atoms. The molecule has 0 unspecified atom stereocenters. The van der Waals surface area contributed by atoms with Crippen LogP contribution in [-0.2, 0) is 4.79 Å². The third kappa shape index (κ3) is 4.58. The lowest BCUT2D eigenvalue weighted by molar-refractivity contribution is -0.122. The molecule has 232 valence electrons. The van der Waals surface area contributed by atoms with Crippen LogP contribution in [0.1, 0.15) is 0 Å². The van der Waals surface area contributed by atoms with Crippen LogP contribution in [0.25, 0.3) is 70.9 Å². The Morgan fingerprint density at radius 2 is 1.33 bits per heavy atom. The van der Waals surface area contributed by atoms with E-state index in [0.717, 1.165) is 11.0 Å². The predicted octanol–water partition coefficient (Wildman–Crippen LogP) is 5.28. The van der Waals surface area contributed by atoms with E-state index in [2.05, 4.69) is 30.4 Å². The van der Waals surface area contributed by atoms with Crippen LogP contribution in [0.5, 0.6) is 0 Å². The summed E-state index contributed by atoms with van der Waals surface area (Å²) in [6.45, 7) is -0.250. The summed E-state index contributed by atoms with van der Waals surface area (Å²) in [5.41, 5.74) is 9.70. The monoisotopic (exact) mass is 664 g/mol. The number of imidazole rings is 1. The van der Waals surface area contributed by atoms with Gasteiger partial charge in [0.05, 0.1) is 78.2 Å². The lowest BCUT2D eigenvalue weighted by atomic mass is 10.1. The number of nitrogens with one attached hydrogen (secondary N) is 3. The molecule has 0 aliphatic heterocycles. The van der Waals surface area contributed by atoms with Crippen LogP contribution in [0.2, 0.25) is 0 Å². The minimum absolute atomic E-state index is 0. The molecule has 4 aromatic carbocycles. The summed E-state index contributed by atoms with van der Waals surface area (Å²) in [5.74, 6) is -1.11. The molecule has 9 rings (SSSR count). The first-order valence-corrected chi connectivity index (χ1v) is 12.9. The number of carbonyl (C=O) groups is 1. The number of carboxylic acid groups (broad SMARTS) is 1. The van der Waals surface area contributed by atoms with E-state index in [-0.39, 0.29) is 52.9 Å². The average molecular weight is 665 g/mol. The first-order chi connectivity index (χ1) is 21.3. The molecule has 0 atom stereocenters. The summed E-state index contributed by atoms with van der Waals surface area (Å²) in [4.78, 5) is 41.1. The zero-order chi connectivity index (χ0) is 30.7. The lowest BCUT2D eigenvalue weighted by Crippen LogP contribution is -2.08. The standard InChI is InChI=1S/C15H7FN4O.C14H9FN4O.CH2O2.2ClH/c16-8-1-2-10-14-13(8)15(21)12-7-5-18-19-9(7)3-4-11(12)20(14)6-17-10;15-7-1-2-8(16)13-12(7)14(20)11-6-5-17-19-9(6)3-4-10(11)18-13;2-1-3;;/h1-6H,(H,18,19);1-5H,16H2,(H,17,19)(H,18,20);1H,(H,2,3);2*1H. The summed E-state index contributed by atoms with van der Waals surface area (Å²) in [6.07, 6.45) is 4.76. The third-order valence-electron chi connectivity index (χ3n) is 7.50. The summed E-state index contributed by atoms with van der Waals surface area (Å²) >= 11 is 0. The van der Waals surface area contributed by atoms with Crippen molar-refractivity contribution in [2.45, 2.75) is 0 Å². The Morgan fingerprint density at radius 1 is 0.761 bits per heavy atom. The van der Waals surface area contributed by atoms with Crippen molar-refractivity contribution in [3.8, 4) is 0 Å². The smallest absolute Gasteiger partial charge is 0.290 e. The molecule has 0 fully saturated rings. The van der Waals surface area contributed by atoms with Gasteiger partial charge in [-0.3, -0.25) is 29.0 Å². The zero-order valence-corrected chi connectivity index (χ0v) is 24.7. The summed E-state index contributed by atoms with van der Waals surface area (Å²) in [6, 6.07) is 12.7. The first-order valence-electron chi connectivity index (χ1n) is 12.9. The second-order valence-electron chi connectivity index (χ2n) is 9.79. The van der Waals surface area contributed by atoms with Gasteiger partial charge in [0.25, 0.3) is 6.47 Å². The van der Waals surface area contributed by atoms with Gasteiger partial charge in [-0.25, -0.2) is 13.8 Å². The van der Waals surface area contributed by atoms with Gasteiger partial charge in [0.2, 0.25) is 10.9 Å². The molecule has 5 heterocycles. The molecule has 0 aliphatic rings. The fraction of sp³-hybridized carbons (Fsp3) is 0. The summed E-state index contributed by atoms with van der Waals surface area (Å²) in [5, 5.41) is 22.7. The number of nitrogens with two attached hydrogens (primary N) is 1. The molecule has 5 aromatic heterocycles. The van der Waals surface area contributed by atoms with Gasteiger partial charge < -0.3 is 15.8 Å². The molecule has 0 aliphatic carbocycles. The van der Waals surface area contributed by atoms with E-state index in [9.17, 15) is 18.4 Å². The number of anilines is 1. The third-order valence-corrected chi connectivity index (χ3v) is 7.50. The van der Waals surface area contributed by atoms with Gasteiger partial charge in [-0.2, -0.15) is 10.2 Å². The second kappa shape index (κ2) is 11.9. The van der Waals surface area contributed by atoms with Crippen LogP contribution in [0, 0.1) is 11.6 Å². The number of hydrogen-bond acceptors (Lipinski definition) is 7. The predicted molar refractivity (Wildman–Crippen MR) is 177 cm³/mol. The maximum absolute atomic E-state index is 14.2. The normalized spacial score (nSPS) is 10.9. The number of fused-ring (bicyclic) bond motifs is 8. The Bertz CT molecular complexity index is 2710. The van der Waals surface area contributed by atoms with E-state index < -0.39 is 11.6 Å². The molecule has 9 aromatic rings. The lowest BCUT2D eigenvalue weighted by Gasteiger charge is -2.06. The van der Waals surface area contributed by atoms with Crippen molar-refractivity contribution in [3.63, 3.8) is 0 Å². The van der Waals surface area contributed by atoms with E-state index in [1.807, 2.05) is 18.2 Å². The molecule has 46 heavy (non-hydrogen) atoms. The van der Waals surface area contributed by atoms with Crippen LogP contribution < -0.4 is 16.6 Å². The number of rotatable bonds is 0. The Labute approximate surface area is 266 Å². The number of nitrogens with zero attached hydrogens (tertiary/aromatic N) is 4. The quantitative estimate of drug-likeness (QED) is 0.0822. The van der Waals surface area contributed by atoms with E-state index >= 15 is 0 Å². The molecule has 16 heteroatoms. The Hall–Kier alpha value is -5.86. The molecule has 0 saturated carbocycles. The number of halogens is 4. The highest BCUT2D eigenvalue weighted by atomic mass is 35.5. The number of nitrogen functional groups attached to an aromatic ring is 1. The van der Waals surface area contributed by atoms with Gasteiger partial charge in [-0.15, -0.1) is 24.8 Å². The first kappa shape index (κ1) is 31.6. The van der Waals surface area contributed by atoms with E-state index in [4.69, 9.17) is 15.6 Å². The number of pyridine rings is 2. The molecule has 12 nitrogen and oxygen atoms in total. The fourth-order valence-corrected chi connectivity index (χ4v) is 5.63. The Kier molecular flexibility index (Phi) is 8.17. The van der Waals surface area contributed by atoms with Crippen LogP contribution in [0.15, 0.2) is 76.8 Å². The van der Waals surface area contributed by atoms with Gasteiger partial charge in [0.15, 0.2) is 0 Å². The number of aromatic nitrogens is 7. The highest BCUT2D eigenvalue weighted by Gasteiger charge is 2.18. The molecule has 6 N–H and O–H groups in total. The number of benzene rings is 4. The van der Waals surface area contributed by atoms with Crippen LogP contribution in [0.3, 0.4) is 0 Å². The van der Waals surface area contributed by atoms with Gasteiger partial charge >= 0.3 is 0 Å². The van der Waals surface area contributed by atoms with Crippen molar-refractivity contribution in [2.75, 3.05) is 5.73 Å². The highest BCUT2D eigenvalue weighted by Crippen LogP contribution is 2.29. The van der Waals surface area contributed by atoms with Gasteiger partial charge in [0.1, 0.15) is 18.0 Å². The SMILES string of the molecule is Cl.Cl.Nc1ccc(F)c2c(=O)c3c(ccc4[nH]ncc43)[nH]c12.O=CO.O=c1c2c(F)ccc3ncn(c4ccc5[nH]ncc5c14)c32. The summed E-state index contributed by atoms with van der Waals surface area (Å²) in [7, 11) is 0. The maximum atomic E-state index is 14.2. The molecular weight excluding hydrogens is 645 g/mol. The average Bonchev–Trinajstić information content (AvgIpc) is 3.78. The molecule has 0 saturated heterocycles. The second-order valence-corrected chi connectivity index (χ2v) is 9.79. The maximum Gasteiger partial charge on any atom is 0.290 e. The Morgan fingerprint density at radius 3 is 2.02 bits per heavy atom. The minimum Gasteiger partial charge on any atom is -0.483 e. The van der Waals surface area contributed by atoms with Gasteiger partial charge in [-0.05, 0) is 48.5 Å².